The minimum atomic E-state index is -3.93. The molecule has 0 aliphatic rings. The molecule has 0 saturated heterocycles. The van der Waals surface area contributed by atoms with Crippen molar-refractivity contribution in [2.75, 3.05) is 20.8 Å². The minimum absolute atomic E-state index is 0.0505. The molecular weight excluding hydrogens is 310 g/mol. The lowest BCUT2D eigenvalue weighted by Gasteiger charge is -2.12. The normalized spacial score (nSPS) is 11.2. The maximum atomic E-state index is 12.0. The van der Waals surface area contributed by atoms with Crippen LogP contribution < -0.4 is 14.2 Å². The monoisotopic (exact) mass is 323 g/mol. The molecule has 0 saturated carbocycles. The average molecular weight is 324 g/mol. The molecule has 1 aromatic rings. The van der Waals surface area contributed by atoms with E-state index >= 15 is 0 Å². The highest BCUT2D eigenvalue weighted by Crippen LogP contribution is 2.35. The fourth-order valence-corrected chi connectivity index (χ4v) is 2.97. The van der Waals surface area contributed by atoms with Gasteiger partial charge in [0.1, 0.15) is 4.90 Å². The number of nitrogens with one attached hydrogen (secondary N) is 1. The lowest BCUT2D eigenvalue weighted by atomic mass is 10.3. The van der Waals surface area contributed by atoms with E-state index in [1.807, 2.05) is 0 Å². The zero-order valence-corrected chi connectivity index (χ0v) is 12.4. The van der Waals surface area contributed by atoms with Crippen LogP contribution in [-0.2, 0) is 14.8 Å². The summed E-state index contributed by atoms with van der Waals surface area (Å²) >= 11 is 5.89. The van der Waals surface area contributed by atoms with E-state index < -0.39 is 16.0 Å². The Labute approximate surface area is 121 Å². The number of halogens is 1. The summed E-state index contributed by atoms with van der Waals surface area (Å²) in [6.45, 7) is -0.234. The van der Waals surface area contributed by atoms with Crippen LogP contribution in [0.3, 0.4) is 0 Å². The summed E-state index contributed by atoms with van der Waals surface area (Å²) in [5.74, 6) is -0.608. The Bertz CT molecular complexity index is 601. The summed E-state index contributed by atoms with van der Waals surface area (Å²) in [5, 5.41) is 8.44. The van der Waals surface area contributed by atoms with E-state index in [4.69, 9.17) is 26.2 Å². The van der Waals surface area contributed by atoms with E-state index in [-0.39, 0.29) is 28.6 Å². The second-order valence-electron chi connectivity index (χ2n) is 3.68. The smallest absolute Gasteiger partial charge is 0.304 e. The van der Waals surface area contributed by atoms with Gasteiger partial charge >= 0.3 is 5.97 Å². The van der Waals surface area contributed by atoms with Crippen molar-refractivity contribution < 1.29 is 27.8 Å². The summed E-state index contributed by atoms with van der Waals surface area (Å²) < 4.78 is 36.2. The molecule has 0 atom stereocenters. The third kappa shape index (κ3) is 3.99. The van der Waals surface area contributed by atoms with Crippen molar-refractivity contribution in [3.05, 3.63) is 17.2 Å². The number of carboxylic acids is 1. The first-order chi connectivity index (χ1) is 9.31. The van der Waals surface area contributed by atoms with Crippen LogP contribution in [0.1, 0.15) is 6.42 Å². The van der Waals surface area contributed by atoms with Gasteiger partial charge in [-0.05, 0) is 0 Å². The molecule has 0 fully saturated rings. The number of sulfonamides is 1. The predicted octanol–water partition coefficient (Wildman–Crippen LogP) is 1.11. The summed E-state index contributed by atoms with van der Waals surface area (Å²) in [6.07, 6.45) is -0.329. The van der Waals surface area contributed by atoms with E-state index in [2.05, 4.69) is 4.72 Å². The fourth-order valence-electron chi connectivity index (χ4n) is 1.41. The standard InChI is InChI=1S/C11H14ClNO6S/c1-18-8-5-7(12)10(6-9(8)19-2)20(16,17)13-4-3-11(14)15/h5-6,13H,3-4H2,1-2H3,(H,14,15). The minimum Gasteiger partial charge on any atom is -0.493 e. The van der Waals surface area contributed by atoms with Crippen molar-refractivity contribution in [3.8, 4) is 11.5 Å². The Kier molecular flexibility index (Phi) is 5.61. The Balaban J connectivity index is 3.08. The van der Waals surface area contributed by atoms with Crippen molar-refractivity contribution in [1.29, 1.82) is 0 Å². The summed E-state index contributed by atoms with van der Waals surface area (Å²) in [6, 6.07) is 2.52. The SMILES string of the molecule is COc1cc(Cl)c(S(=O)(=O)NCCC(=O)O)cc1OC. The quantitative estimate of drug-likeness (QED) is 0.779. The highest BCUT2D eigenvalue weighted by Gasteiger charge is 2.21. The van der Waals surface area contributed by atoms with Crippen LogP contribution in [0.15, 0.2) is 17.0 Å². The first-order valence-electron chi connectivity index (χ1n) is 5.44. The van der Waals surface area contributed by atoms with Gasteiger partial charge in [-0.1, -0.05) is 11.6 Å². The van der Waals surface area contributed by atoms with Gasteiger partial charge in [-0.2, -0.15) is 0 Å². The van der Waals surface area contributed by atoms with E-state index in [1.54, 1.807) is 0 Å². The van der Waals surface area contributed by atoms with Gasteiger partial charge in [-0.25, -0.2) is 13.1 Å². The number of hydrogen-bond acceptors (Lipinski definition) is 5. The van der Waals surface area contributed by atoms with Gasteiger partial charge in [0.15, 0.2) is 11.5 Å². The van der Waals surface area contributed by atoms with Crippen LogP contribution in [0.5, 0.6) is 11.5 Å². The number of rotatable bonds is 7. The zero-order valence-electron chi connectivity index (χ0n) is 10.8. The Morgan fingerprint density at radius 3 is 2.35 bits per heavy atom. The summed E-state index contributed by atoms with van der Waals surface area (Å²) in [5.41, 5.74) is 0. The highest BCUT2D eigenvalue weighted by atomic mass is 35.5. The largest absolute Gasteiger partial charge is 0.493 e. The number of carboxylic acid groups (broad SMARTS) is 1. The summed E-state index contributed by atoms with van der Waals surface area (Å²) in [7, 11) is -1.17. The van der Waals surface area contributed by atoms with Crippen LogP contribution in [0.25, 0.3) is 0 Å². The topological polar surface area (TPSA) is 102 Å². The van der Waals surface area contributed by atoms with Crippen LogP contribution in [-0.4, -0.2) is 40.3 Å². The second kappa shape index (κ2) is 6.78. The van der Waals surface area contributed by atoms with Crippen molar-refractivity contribution in [1.82, 2.24) is 4.72 Å². The predicted molar refractivity (Wildman–Crippen MR) is 72.0 cm³/mol. The fraction of sp³-hybridized carbons (Fsp3) is 0.364. The maximum Gasteiger partial charge on any atom is 0.304 e. The van der Waals surface area contributed by atoms with Crippen LogP contribution in [0.4, 0.5) is 0 Å². The summed E-state index contributed by atoms with van der Waals surface area (Å²) in [4.78, 5) is 10.2. The molecule has 112 valence electrons. The van der Waals surface area contributed by atoms with Gasteiger partial charge in [0.25, 0.3) is 0 Å². The van der Waals surface area contributed by atoms with Gasteiger partial charge in [-0.3, -0.25) is 4.79 Å². The van der Waals surface area contributed by atoms with Gasteiger partial charge in [0.05, 0.1) is 25.7 Å². The molecule has 0 bridgehead atoms. The van der Waals surface area contributed by atoms with E-state index in [0.29, 0.717) is 5.75 Å². The Morgan fingerprint density at radius 1 is 1.30 bits per heavy atom. The van der Waals surface area contributed by atoms with Crippen molar-refractivity contribution in [2.45, 2.75) is 11.3 Å². The van der Waals surface area contributed by atoms with E-state index in [0.717, 1.165) is 0 Å². The van der Waals surface area contributed by atoms with Gasteiger partial charge in [0.2, 0.25) is 10.0 Å². The maximum absolute atomic E-state index is 12.0. The number of benzene rings is 1. The highest BCUT2D eigenvalue weighted by molar-refractivity contribution is 7.89. The number of carbonyl (C=O) groups is 1. The molecule has 0 aliphatic heterocycles. The van der Waals surface area contributed by atoms with E-state index in [9.17, 15) is 13.2 Å². The second-order valence-corrected chi connectivity index (χ2v) is 5.82. The Morgan fingerprint density at radius 2 is 1.85 bits per heavy atom. The number of hydrogen-bond donors (Lipinski definition) is 2. The first kappa shape index (κ1) is 16.5. The molecule has 0 aromatic heterocycles. The molecule has 0 aliphatic carbocycles. The number of methoxy groups -OCH3 is 2. The molecule has 0 heterocycles. The van der Waals surface area contributed by atoms with Crippen LogP contribution in [0.2, 0.25) is 5.02 Å². The van der Waals surface area contributed by atoms with Crippen molar-refractivity contribution in [2.24, 2.45) is 0 Å². The molecule has 0 spiro atoms. The molecule has 0 amide bonds. The van der Waals surface area contributed by atoms with E-state index in [1.165, 1.54) is 26.4 Å². The van der Waals surface area contributed by atoms with Gasteiger partial charge < -0.3 is 14.6 Å². The van der Waals surface area contributed by atoms with Crippen LogP contribution >= 0.6 is 11.6 Å². The molecule has 1 aromatic carbocycles. The third-order valence-corrected chi connectivity index (χ3v) is 4.28. The first-order valence-corrected chi connectivity index (χ1v) is 7.31. The molecule has 0 radical (unpaired) electrons. The molecule has 1 rings (SSSR count). The van der Waals surface area contributed by atoms with Gasteiger partial charge in [-0.15, -0.1) is 0 Å². The average Bonchev–Trinajstić information content (AvgIpc) is 2.37. The molecule has 7 nitrogen and oxygen atoms in total. The lowest BCUT2D eigenvalue weighted by Crippen LogP contribution is -2.26. The van der Waals surface area contributed by atoms with Crippen molar-refractivity contribution in [3.63, 3.8) is 0 Å². The number of aliphatic carboxylic acids is 1. The molecule has 0 unspecified atom stereocenters. The Hall–Kier alpha value is -1.51. The number of ether oxygens (including phenoxy) is 2. The molecule has 9 heteroatoms. The lowest BCUT2D eigenvalue weighted by molar-refractivity contribution is -0.136. The van der Waals surface area contributed by atoms with Crippen molar-refractivity contribution >= 4 is 27.6 Å². The molecule has 2 N–H and O–H groups in total. The molecule has 20 heavy (non-hydrogen) atoms. The third-order valence-electron chi connectivity index (χ3n) is 2.36. The van der Waals surface area contributed by atoms with Gasteiger partial charge in [0, 0.05) is 18.7 Å². The zero-order chi connectivity index (χ0) is 15.3. The van der Waals surface area contributed by atoms with Crippen LogP contribution in [0, 0.1) is 0 Å². The molecular formula is C11H14ClNO6S.